The van der Waals surface area contributed by atoms with Gasteiger partial charge in [-0.05, 0) is 44.0 Å². The first kappa shape index (κ1) is 13.0. The molecule has 3 nitrogen and oxygen atoms in total. The highest BCUT2D eigenvalue weighted by Gasteiger charge is 2.41. The van der Waals surface area contributed by atoms with Gasteiger partial charge in [-0.15, -0.1) is 0 Å². The number of nitrogens with zero attached hydrogens (tertiary/aromatic N) is 1. The first-order valence-electron chi connectivity index (χ1n) is 6.38. The van der Waals surface area contributed by atoms with Crippen molar-refractivity contribution in [3.8, 4) is 0 Å². The number of hydrogen-bond donors (Lipinski definition) is 1. The standard InChI is InChI=1S/C14H19FN2O/c1-3-14(8-5-9-16-14)13(18)17(2)12-7-4-6-11(15)10-12/h4,6-7,10,16H,3,5,8-9H2,1-2H3. The van der Waals surface area contributed by atoms with E-state index in [-0.39, 0.29) is 11.7 Å². The Balaban J connectivity index is 2.23. The summed E-state index contributed by atoms with van der Waals surface area (Å²) in [7, 11) is 1.70. The number of nitrogens with one attached hydrogen (secondary N) is 1. The minimum Gasteiger partial charge on any atom is -0.314 e. The third-order valence-corrected chi connectivity index (χ3v) is 3.76. The van der Waals surface area contributed by atoms with Gasteiger partial charge in [-0.1, -0.05) is 13.0 Å². The summed E-state index contributed by atoms with van der Waals surface area (Å²) in [5.74, 6) is -0.301. The van der Waals surface area contributed by atoms with Crippen LogP contribution < -0.4 is 10.2 Å². The summed E-state index contributed by atoms with van der Waals surface area (Å²) in [6.45, 7) is 2.88. The van der Waals surface area contributed by atoms with E-state index in [0.29, 0.717) is 5.69 Å². The number of carbonyl (C=O) groups excluding carboxylic acids is 1. The normalized spacial score (nSPS) is 23.1. The first-order valence-corrected chi connectivity index (χ1v) is 6.38. The predicted molar refractivity (Wildman–Crippen MR) is 70.1 cm³/mol. The number of halogens is 1. The Bertz CT molecular complexity index is 441. The van der Waals surface area contributed by atoms with Gasteiger partial charge in [0.05, 0.1) is 5.54 Å². The third kappa shape index (κ3) is 2.25. The van der Waals surface area contributed by atoms with Gasteiger partial charge in [0.25, 0.3) is 0 Å². The van der Waals surface area contributed by atoms with Gasteiger partial charge in [0, 0.05) is 12.7 Å². The van der Waals surface area contributed by atoms with Gasteiger partial charge in [0.1, 0.15) is 5.82 Å². The lowest BCUT2D eigenvalue weighted by Crippen LogP contribution is -2.53. The van der Waals surface area contributed by atoms with Crippen molar-refractivity contribution in [1.82, 2.24) is 5.32 Å². The van der Waals surface area contributed by atoms with Crippen LogP contribution in [0.2, 0.25) is 0 Å². The predicted octanol–water partition coefficient (Wildman–Crippen LogP) is 2.32. The molecule has 1 aromatic carbocycles. The van der Waals surface area contributed by atoms with Crippen molar-refractivity contribution >= 4 is 11.6 Å². The number of rotatable bonds is 3. The van der Waals surface area contributed by atoms with Crippen LogP contribution in [0.1, 0.15) is 26.2 Å². The van der Waals surface area contributed by atoms with Gasteiger partial charge in [0.2, 0.25) is 5.91 Å². The Hall–Kier alpha value is -1.42. The fraction of sp³-hybridized carbons (Fsp3) is 0.500. The van der Waals surface area contributed by atoms with Crippen molar-refractivity contribution in [1.29, 1.82) is 0 Å². The van der Waals surface area contributed by atoms with Gasteiger partial charge in [0.15, 0.2) is 0 Å². The molecule has 1 aromatic rings. The van der Waals surface area contributed by atoms with E-state index in [2.05, 4.69) is 5.32 Å². The van der Waals surface area contributed by atoms with E-state index in [1.54, 1.807) is 24.1 Å². The van der Waals surface area contributed by atoms with E-state index in [9.17, 15) is 9.18 Å². The van der Waals surface area contributed by atoms with Crippen molar-refractivity contribution in [3.63, 3.8) is 0 Å². The molecule has 4 heteroatoms. The summed E-state index contributed by atoms with van der Waals surface area (Å²) in [5.41, 5.74) is 0.127. The van der Waals surface area contributed by atoms with Gasteiger partial charge < -0.3 is 10.2 Å². The van der Waals surface area contributed by atoms with Crippen LogP contribution in [0.4, 0.5) is 10.1 Å². The molecule has 18 heavy (non-hydrogen) atoms. The molecule has 1 atom stereocenters. The Morgan fingerprint density at radius 2 is 2.33 bits per heavy atom. The molecule has 2 rings (SSSR count). The van der Waals surface area contributed by atoms with Gasteiger partial charge in [-0.25, -0.2) is 4.39 Å². The van der Waals surface area contributed by atoms with Crippen LogP contribution in [0, 0.1) is 5.82 Å². The second-order valence-corrected chi connectivity index (χ2v) is 4.81. The quantitative estimate of drug-likeness (QED) is 0.893. The molecule has 0 aromatic heterocycles. The maximum Gasteiger partial charge on any atom is 0.247 e. The monoisotopic (exact) mass is 250 g/mol. The fourth-order valence-electron chi connectivity index (χ4n) is 2.56. The second-order valence-electron chi connectivity index (χ2n) is 4.81. The molecular weight excluding hydrogens is 231 g/mol. The van der Waals surface area contributed by atoms with E-state index >= 15 is 0 Å². The Kier molecular flexibility index (Phi) is 3.66. The molecule has 0 saturated carbocycles. The maximum atomic E-state index is 13.2. The van der Waals surface area contributed by atoms with E-state index in [4.69, 9.17) is 0 Å². The summed E-state index contributed by atoms with van der Waals surface area (Å²) in [6, 6.07) is 6.13. The number of anilines is 1. The number of benzene rings is 1. The zero-order valence-corrected chi connectivity index (χ0v) is 10.9. The van der Waals surface area contributed by atoms with Crippen molar-refractivity contribution in [2.45, 2.75) is 31.7 Å². The smallest absolute Gasteiger partial charge is 0.247 e. The Labute approximate surface area is 107 Å². The summed E-state index contributed by atoms with van der Waals surface area (Å²) >= 11 is 0. The van der Waals surface area contributed by atoms with Crippen molar-refractivity contribution in [2.24, 2.45) is 0 Å². The molecule has 1 saturated heterocycles. The van der Waals surface area contributed by atoms with Crippen LogP contribution in [0.25, 0.3) is 0 Å². The van der Waals surface area contributed by atoms with E-state index in [0.717, 1.165) is 25.8 Å². The van der Waals surface area contributed by atoms with Crippen LogP contribution >= 0.6 is 0 Å². The Morgan fingerprint density at radius 3 is 2.89 bits per heavy atom. The van der Waals surface area contributed by atoms with Crippen LogP contribution in [-0.4, -0.2) is 25.0 Å². The highest BCUT2D eigenvalue weighted by atomic mass is 19.1. The second kappa shape index (κ2) is 5.06. The molecule has 0 bridgehead atoms. The molecule has 1 amide bonds. The topological polar surface area (TPSA) is 32.3 Å². The molecule has 1 heterocycles. The van der Waals surface area contributed by atoms with Crippen molar-refractivity contribution in [3.05, 3.63) is 30.1 Å². The largest absolute Gasteiger partial charge is 0.314 e. The van der Waals surface area contributed by atoms with E-state index in [1.165, 1.54) is 12.1 Å². The summed E-state index contributed by atoms with van der Waals surface area (Å²) in [5, 5.41) is 3.30. The third-order valence-electron chi connectivity index (χ3n) is 3.76. The van der Waals surface area contributed by atoms with Gasteiger partial charge in [-0.3, -0.25) is 4.79 Å². The number of hydrogen-bond acceptors (Lipinski definition) is 2. The van der Waals surface area contributed by atoms with Crippen LogP contribution in [0.3, 0.4) is 0 Å². The molecule has 1 N–H and O–H groups in total. The maximum absolute atomic E-state index is 13.2. The minimum atomic E-state index is -0.471. The van der Waals surface area contributed by atoms with Crippen LogP contribution in [0.5, 0.6) is 0 Å². The molecule has 98 valence electrons. The lowest BCUT2D eigenvalue weighted by Gasteiger charge is -2.31. The molecule has 1 fully saturated rings. The lowest BCUT2D eigenvalue weighted by atomic mass is 9.92. The molecule has 0 radical (unpaired) electrons. The summed E-state index contributed by atoms with van der Waals surface area (Å²) in [6.07, 6.45) is 2.62. The molecule has 1 aliphatic rings. The molecule has 0 spiro atoms. The zero-order valence-electron chi connectivity index (χ0n) is 10.9. The SMILES string of the molecule is CCC1(C(=O)N(C)c2cccc(F)c2)CCCN1. The molecular formula is C14H19FN2O. The van der Waals surface area contributed by atoms with Crippen molar-refractivity contribution < 1.29 is 9.18 Å². The molecule has 1 unspecified atom stereocenters. The number of likely N-dealkylation sites (N-methyl/N-ethyl adjacent to an activating group) is 1. The van der Waals surface area contributed by atoms with Crippen molar-refractivity contribution in [2.75, 3.05) is 18.5 Å². The molecule has 1 aliphatic heterocycles. The zero-order chi connectivity index (χ0) is 13.2. The number of amides is 1. The van der Waals surface area contributed by atoms with E-state index < -0.39 is 5.54 Å². The number of carbonyl (C=O) groups is 1. The average molecular weight is 250 g/mol. The average Bonchev–Trinajstić information content (AvgIpc) is 2.87. The van der Waals surface area contributed by atoms with Crippen LogP contribution in [0.15, 0.2) is 24.3 Å². The van der Waals surface area contributed by atoms with Crippen LogP contribution in [-0.2, 0) is 4.79 Å². The minimum absolute atomic E-state index is 0.0214. The molecule has 0 aliphatic carbocycles. The lowest BCUT2D eigenvalue weighted by molar-refractivity contribution is -0.124. The fourth-order valence-corrected chi connectivity index (χ4v) is 2.56. The van der Waals surface area contributed by atoms with E-state index in [1.807, 2.05) is 6.92 Å². The first-order chi connectivity index (χ1) is 8.59. The summed E-state index contributed by atoms with van der Waals surface area (Å²) in [4.78, 5) is 14.1. The van der Waals surface area contributed by atoms with Gasteiger partial charge in [-0.2, -0.15) is 0 Å². The van der Waals surface area contributed by atoms with Gasteiger partial charge >= 0.3 is 0 Å². The highest BCUT2D eigenvalue weighted by molar-refractivity contribution is 6.00. The Morgan fingerprint density at radius 1 is 1.56 bits per heavy atom. The highest BCUT2D eigenvalue weighted by Crippen LogP contribution is 2.27. The summed E-state index contributed by atoms with van der Waals surface area (Å²) < 4.78 is 13.2.